The zero-order chi connectivity index (χ0) is 17.0. The Morgan fingerprint density at radius 3 is 2.14 bits per heavy atom. The van der Waals surface area contributed by atoms with Crippen LogP contribution in [-0.2, 0) is 29.1 Å². The minimum absolute atomic E-state index is 0.0510. The average molecular weight is 344 g/mol. The maximum Gasteiger partial charge on any atom is 0.407 e. The van der Waals surface area contributed by atoms with Crippen LogP contribution in [0.2, 0.25) is 0 Å². The minimum Gasteiger partial charge on any atom is -0.480 e. The Hall–Kier alpha value is -1.47. The second-order valence-corrected chi connectivity index (χ2v) is 5.43. The number of alkyl carbamates (subject to hydrolysis) is 1. The molecule has 1 atom stereocenters. The molecule has 0 heterocycles. The van der Waals surface area contributed by atoms with Gasteiger partial charge in [0.05, 0.1) is 26.4 Å². The number of carboxylic acid groups (broad SMARTS) is 1. The largest absolute Gasteiger partial charge is 0.480 e. The van der Waals surface area contributed by atoms with Gasteiger partial charge in [0.2, 0.25) is 0 Å². The minimum atomic E-state index is -4.55. The lowest BCUT2D eigenvalue weighted by Gasteiger charge is -2.13. The molecular weight excluding hydrogens is 324 g/mol. The molecule has 0 aliphatic heterocycles. The Kier molecular flexibility index (Phi) is 10.4. The highest BCUT2D eigenvalue weighted by atomic mass is 32.2. The van der Waals surface area contributed by atoms with Crippen molar-refractivity contribution in [2.24, 2.45) is 5.73 Å². The van der Waals surface area contributed by atoms with E-state index in [4.69, 9.17) is 24.9 Å². The molecule has 130 valence electrons. The molecule has 0 rings (SSSR count). The number of hydrogen-bond acceptors (Lipinski definition) is 8. The second kappa shape index (κ2) is 11.1. The van der Waals surface area contributed by atoms with E-state index in [-0.39, 0.29) is 19.8 Å². The van der Waals surface area contributed by atoms with Crippen molar-refractivity contribution in [3.8, 4) is 0 Å². The van der Waals surface area contributed by atoms with E-state index < -0.39 is 34.0 Å². The predicted octanol–water partition coefficient (Wildman–Crippen LogP) is -1.95. The molecule has 0 radical (unpaired) electrons. The number of ether oxygens (including phenoxy) is 3. The number of carboxylic acids is 1. The highest BCUT2D eigenvalue weighted by Crippen LogP contribution is 1.93. The average Bonchev–Trinajstić information content (AvgIpc) is 2.39. The van der Waals surface area contributed by atoms with Gasteiger partial charge in [0.15, 0.2) is 0 Å². The molecule has 0 unspecified atom stereocenters. The molecule has 5 N–H and O–H groups in total. The molecule has 0 aromatic heterocycles. The maximum absolute atomic E-state index is 11.3. The lowest BCUT2D eigenvalue weighted by atomic mass is 10.3. The van der Waals surface area contributed by atoms with Crippen molar-refractivity contribution in [2.75, 3.05) is 45.3 Å². The van der Waals surface area contributed by atoms with Gasteiger partial charge in [0.25, 0.3) is 10.1 Å². The quantitative estimate of drug-likeness (QED) is 0.230. The highest BCUT2D eigenvalue weighted by molar-refractivity contribution is 7.85. The molecule has 12 heteroatoms. The van der Waals surface area contributed by atoms with E-state index in [9.17, 15) is 18.0 Å². The van der Waals surface area contributed by atoms with E-state index in [1.165, 1.54) is 0 Å². The molecule has 11 nitrogen and oxygen atoms in total. The molecule has 0 aromatic carbocycles. The first kappa shape index (κ1) is 20.5. The van der Waals surface area contributed by atoms with E-state index in [0.29, 0.717) is 19.8 Å². The van der Waals surface area contributed by atoms with E-state index in [2.05, 4.69) is 4.74 Å². The molecule has 0 aromatic rings. The number of carbonyl (C=O) groups is 2. The van der Waals surface area contributed by atoms with Crippen LogP contribution in [0.15, 0.2) is 0 Å². The van der Waals surface area contributed by atoms with E-state index in [1.54, 1.807) is 5.32 Å². The summed E-state index contributed by atoms with van der Waals surface area (Å²) in [6.45, 7) is 1.30. The number of aliphatic carboxylic acids is 1. The summed E-state index contributed by atoms with van der Waals surface area (Å²) in [5, 5.41) is 10.5. The van der Waals surface area contributed by atoms with Crippen molar-refractivity contribution in [1.82, 2.24) is 5.32 Å². The summed E-state index contributed by atoms with van der Waals surface area (Å²) in [6.07, 6.45) is -1.14. The molecule has 1 amide bonds. The fraction of sp³-hybridized carbons (Fsp3) is 0.800. The SMILES string of the molecule is NCCOCCOCCOC(=O)N[C@@H](CS(=O)(=O)O)C(=O)O. The van der Waals surface area contributed by atoms with Crippen LogP contribution in [0, 0.1) is 0 Å². The van der Waals surface area contributed by atoms with Crippen molar-refractivity contribution in [1.29, 1.82) is 0 Å². The van der Waals surface area contributed by atoms with E-state index in [1.807, 2.05) is 0 Å². The molecule has 0 fully saturated rings. The number of rotatable bonds is 12. The molecule has 0 saturated carbocycles. The Morgan fingerprint density at radius 2 is 1.64 bits per heavy atom. The topological polar surface area (TPSA) is 174 Å². The van der Waals surface area contributed by atoms with Gasteiger partial charge < -0.3 is 30.4 Å². The van der Waals surface area contributed by atoms with Gasteiger partial charge in [-0.15, -0.1) is 0 Å². The molecule has 0 spiro atoms. The summed E-state index contributed by atoms with van der Waals surface area (Å²) in [6, 6.07) is -1.81. The number of nitrogens with one attached hydrogen (secondary N) is 1. The maximum atomic E-state index is 11.3. The summed E-state index contributed by atoms with van der Waals surface area (Å²) in [5.74, 6) is -2.78. The first-order valence-corrected chi connectivity index (χ1v) is 7.84. The standard InChI is InChI=1S/C10H20N2O9S/c11-1-2-19-3-4-20-5-6-21-10(15)12-8(9(13)14)7-22(16,17)18/h8H,1-7,11H2,(H,12,15)(H,13,14)(H,16,17,18)/t8-/m0/s1. The van der Waals surface area contributed by atoms with Crippen LogP contribution >= 0.6 is 0 Å². The second-order valence-electron chi connectivity index (χ2n) is 3.93. The number of carbonyl (C=O) groups excluding carboxylic acids is 1. The highest BCUT2D eigenvalue weighted by Gasteiger charge is 2.26. The van der Waals surface area contributed by atoms with Crippen LogP contribution < -0.4 is 11.1 Å². The molecule has 0 saturated heterocycles. The van der Waals surface area contributed by atoms with Gasteiger partial charge in [-0.1, -0.05) is 0 Å². The van der Waals surface area contributed by atoms with Crippen molar-refractivity contribution in [3.63, 3.8) is 0 Å². The van der Waals surface area contributed by atoms with Gasteiger partial charge in [-0.2, -0.15) is 8.42 Å². The van der Waals surface area contributed by atoms with Crippen molar-refractivity contribution in [2.45, 2.75) is 6.04 Å². The van der Waals surface area contributed by atoms with Crippen LogP contribution in [0.25, 0.3) is 0 Å². The monoisotopic (exact) mass is 344 g/mol. The summed E-state index contributed by atoms with van der Waals surface area (Å²) in [4.78, 5) is 22.0. The Morgan fingerprint density at radius 1 is 1.09 bits per heavy atom. The number of hydrogen-bond donors (Lipinski definition) is 4. The van der Waals surface area contributed by atoms with Gasteiger partial charge in [0.1, 0.15) is 18.4 Å². The first-order valence-electron chi connectivity index (χ1n) is 6.23. The van der Waals surface area contributed by atoms with Crippen LogP contribution in [0.5, 0.6) is 0 Å². The summed E-state index contributed by atoms with van der Waals surface area (Å²) in [5.41, 5.74) is 5.20. The van der Waals surface area contributed by atoms with Crippen LogP contribution in [0.3, 0.4) is 0 Å². The van der Waals surface area contributed by atoms with E-state index >= 15 is 0 Å². The molecule has 0 aliphatic rings. The van der Waals surface area contributed by atoms with Gasteiger partial charge in [-0.05, 0) is 0 Å². The van der Waals surface area contributed by atoms with Crippen molar-refractivity contribution in [3.05, 3.63) is 0 Å². The van der Waals surface area contributed by atoms with Gasteiger partial charge in [0, 0.05) is 6.54 Å². The number of amides is 1. The third-order valence-electron chi connectivity index (χ3n) is 2.06. The van der Waals surface area contributed by atoms with Crippen molar-refractivity contribution < 1.29 is 41.9 Å². The Balaban J connectivity index is 3.85. The Bertz CT molecular complexity index is 440. The van der Waals surface area contributed by atoms with Crippen molar-refractivity contribution >= 4 is 22.2 Å². The third kappa shape index (κ3) is 12.3. The lowest BCUT2D eigenvalue weighted by molar-refractivity contribution is -0.138. The predicted molar refractivity (Wildman–Crippen MR) is 73.0 cm³/mol. The fourth-order valence-corrected chi connectivity index (χ4v) is 1.81. The normalized spacial score (nSPS) is 12.6. The number of nitrogens with two attached hydrogens (primary N) is 1. The Labute approximate surface area is 127 Å². The molecule has 22 heavy (non-hydrogen) atoms. The van der Waals surface area contributed by atoms with Gasteiger partial charge >= 0.3 is 12.1 Å². The van der Waals surface area contributed by atoms with Crippen LogP contribution in [0.1, 0.15) is 0 Å². The first-order chi connectivity index (χ1) is 10.3. The van der Waals surface area contributed by atoms with Gasteiger partial charge in [-0.3, -0.25) is 4.55 Å². The zero-order valence-corrected chi connectivity index (χ0v) is 12.6. The van der Waals surface area contributed by atoms with E-state index in [0.717, 1.165) is 0 Å². The molecule has 0 aliphatic carbocycles. The zero-order valence-electron chi connectivity index (χ0n) is 11.8. The van der Waals surface area contributed by atoms with Crippen LogP contribution in [0.4, 0.5) is 4.79 Å². The lowest BCUT2D eigenvalue weighted by Crippen LogP contribution is -2.45. The van der Waals surface area contributed by atoms with Crippen LogP contribution in [-0.4, -0.2) is 81.5 Å². The smallest absolute Gasteiger partial charge is 0.407 e. The van der Waals surface area contributed by atoms with Gasteiger partial charge in [-0.25, -0.2) is 9.59 Å². The molecule has 0 bridgehead atoms. The third-order valence-corrected chi connectivity index (χ3v) is 2.82. The fourth-order valence-electron chi connectivity index (χ4n) is 1.17. The summed E-state index contributed by atoms with van der Waals surface area (Å²) in [7, 11) is -4.55. The summed E-state index contributed by atoms with van der Waals surface area (Å²) < 4.78 is 44.4. The molecular formula is C10H20N2O9S. The summed E-state index contributed by atoms with van der Waals surface area (Å²) >= 11 is 0.